The smallest absolute Gasteiger partial charge is 0.406 e. The molecule has 15 heteroatoms. The van der Waals surface area contributed by atoms with Crippen molar-refractivity contribution in [1.82, 2.24) is 20.0 Å². The van der Waals surface area contributed by atoms with Gasteiger partial charge < -0.3 is 4.74 Å². The number of ether oxygens (including phenoxy) is 1. The number of aromatic nitrogens is 4. The molecule has 0 fully saturated rings. The van der Waals surface area contributed by atoms with E-state index in [1.165, 1.54) is 24.3 Å². The molecule has 1 N–H and O–H groups in total. The van der Waals surface area contributed by atoms with Crippen LogP contribution in [-0.2, 0) is 12.4 Å². The SMILES string of the molecule is O=C(Nc1nnc(C(F)(F)F)s1)Oc1cnn(-c2ccc(Cl)cc2)c1C(F)(F)F. The number of nitrogens with zero attached hydrogens (tertiary/aromatic N) is 4. The molecule has 0 unspecified atom stereocenters. The Bertz CT molecular complexity index is 1030. The molecule has 0 bridgehead atoms. The van der Waals surface area contributed by atoms with E-state index >= 15 is 0 Å². The van der Waals surface area contributed by atoms with E-state index < -0.39 is 40.0 Å². The third-order valence-electron chi connectivity index (χ3n) is 3.15. The average Bonchev–Trinajstić information content (AvgIpc) is 3.22. The summed E-state index contributed by atoms with van der Waals surface area (Å²) < 4.78 is 82.9. The number of hydrogen-bond donors (Lipinski definition) is 1. The van der Waals surface area contributed by atoms with Crippen LogP contribution in [0.1, 0.15) is 10.7 Å². The van der Waals surface area contributed by atoms with Gasteiger partial charge in [-0.15, -0.1) is 10.2 Å². The molecule has 7 nitrogen and oxygen atoms in total. The number of carbonyl (C=O) groups excluding carboxylic acids is 1. The molecule has 1 aromatic carbocycles. The van der Waals surface area contributed by atoms with Gasteiger partial charge in [-0.05, 0) is 24.3 Å². The highest BCUT2D eigenvalue weighted by Crippen LogP contribution is 2.38. The number of halogens is 7. The highest BCUT2D eigenvalue weighted by molar-refractivity contribution is 7.15. The molecule has 154 valence electrons. The van der Waals surface area contributed by atoms with Gasteiger partial charge in [-0.1, -0.05) is 22.9 Å². The summed E-state index contributed by atoms with van der Waals surface area (Å²) in [6, 6.07) is 5.18. The Morgan fingerprint density at radius 3 is 2.28 bits per heavy atom. The molecule has 29 heavy (non-hydrogen) atoms. The van der Waals surface area contributed by atoms with Gasteiger partial charge in [-0.3, -0.25) is 5.32 Å². The second kappa shape index (κ2) is 7.51. The molecule has 3 aromatic rings. The summed E-state index contributed by atoms with van der Waals surface area (Å²) in [6.07, 6.45) is -10.6. The van der Waals surface area contributed by atoms with Crippen molar-refractivity contribution in [3.63, 3.8) is 0 Å². The molecule has 2 aromatic heterocycles. The third kappa shape index (κ3) is 4.76. The maximum Gasteiger partial charge on any atom is 0.445 e. The second-order valence-corrected chi connectivity index (χ2v) is 6.58. The molecule has 0 aliphatic heterocycles. The van der Waals surface area contributed by atoms with Crippen LogP contribution in [0.3, 0.4) is 0 Å². The average molecular weight is 458 g/mol. The van der Waals surface area contributed by atoms with Gasteiger partial charge in [-0.25, -0.2) is 9.48 Å². The summed E-state index contributed by atoms with van der Waals surface area (Å²) in [7, 11) is 0. The number of benzene rings is 1. The van der Waals surface area contributed by atoms with Crippen LogP contribution in [0.2, 0.25) is 5.02 Å². The standard InChI is InChI=1S/C14H6ClF6N5O2S/c15-6-1-3-7(4-2-6)26-9(13(16,17)18)8(5-22-26)28-12(27)23-11-25-24-10(29-11)14(19,20)21/h1-5H,(H,23,25,27). The van der Waals surface area contributed by atoms with Gasteiger partial charge >= 0.3 is 18.4 Å². The molecule has 0 radical (unpaired) electrons. The van der Waals surface area contributed by atoms with E-state index in [1.54, 1.807) is 5.32 Å². The molecular formula is C14H6ClF6N5O2S. The molecular weight excluding hydrogens is 452 g/mol. The van der Waals surface area contributed by atoms with Crippen molar-refractivity contribution in [3.8, 4) is 11.4 Å². The Morgan fingerprint density at radius 1 is 1.07 bits per heavy atom. The van der Waals surface area contributed by atoms with Crippen LogP contribution < -0.4 is 10.1 Å². The van der Waals surface area contributed by atoms with Gasteiger partial charge in [0.2, 0.25) is 10.1 Å². The maximum atomic E-state index is 13.5. The van der Waals surface area contributed by atoms with E-state index in [4.69, 9.17) is 11.6 Å². The lowest BCUT2D eigenvalue weighted by atomic mass is 10.3. The van der Waals surface area contributed by atoms with Gasteiger partial charge in [-0.2, -0.15) is 31.4 Å². The zero-order valence-electron chi connectivity index (χ0n) is 13.5. The monoisotopic (exact) mass is 457 g/mol. The van der Waals surface area contributed by atoms with Crippen molar-refractivity contribution in [2.75, 3.05) is 5.32 Å². The lowest BCUT2D eigenvalue weighted by Crippen LogP contribution is -2.20. The number of anilines is 1. The number of amides is 1. The Balaban J connectivity index is 1.84. The summed E-state index contributed by atoms with van der Waals surface area (Å²) in [5.41, 5.74) is -1.43. The molecule has 0 atom stereocenters. The third-order valence-corrected chi connectivity index (χ3v) is 4.29. The van der Waals surface area contributed by atoms with E-state index in [9.17, 15) is 31.1 Å². The van der Waals surface area contributed by atoms with Crippen LogP contribution in [0.4, 0.5) is 36.3 Å². The van der Waals surface area contributed by atoms with E-state index in [1.807, 2.05) is 0 Å². The molecule has 0 aliphatic carbocycles. The molecule has 0 saturated heterocycles. The molecule has 0 saturated carbocycles. The van der Waals surface area contributed by atoms with Crippen LogP contribution in [0.5, 0.6) is 5.75 Å². The summed E-state index contributed by atoms with van der Waals surface area (Å²) >= 11 is 5.68. The first-order valence-electron chi connectivity index (χ1n) is 7.26. The van der Waals surface area contributed by atoms with E-state index in [0.29, 0.717) is 10.9 Å². The largest absolute Gasteiger partial charge is 0.445 e. The van der Waals surface area contributed by atoms with E-state index in [-0.39, 0.29) is 22.0 Å². The molecule has 0 spiro atoms. The fraction of sp³-hybridized carbons (Fsp3) is 0.143. The zero-order chi connectivity index (χ0) is 21.4. The van der Waals surface area contributed by atoms with Crippen LogP contribution in [0.15, 0.2) is 30.5 Å². The van der Waals surface area contributed by atoms with Crippen molar-refractivity contribution in [1.29, 1.82) is 0 Å². The van der Waals surface area contributed by atoms with E-state index in [2.05, 4.69) is 20.0 Å². The lowest BCUT2D eigenvalue weighted by Gasteiger charge is -2.12. The molecule has 2 heterocycles. The Labute approximate surface area is 165 Å². The molecule has 3 rings (SSSR count). The minimum absolute atomic E-state index is 0.0177. The number of hydrogen-bond acceptors (Lipinski definition) is 6. The minimum Gasteiger partial charge on any atom is -0.406 e. The number of alkyl halides is 6. The van der Waals surface area contributed by atoms with Crippen LogP contribution in [0, 0.1) is 0 Å². The predicted octanol–water partition coefficient (Wildman–Crippen LogP) is 5.03. The van der Waals surface area contributed by atoms with Crippen molar-refractivity contribution < 1.29 is 35.9 Å². The Morgan fingerprint density at radius 2 is 1.72 bits per heavy atom. The van der Waals surface area contributed by atoms with Crippen LogP contribution in [-0.4, -0.2) is 26.1 Å². The van der Waals surface area contributed by atoms with Crippen LogP contribution >= 0.6 is 22.9 Å². The predicted molar refractivity (Wildman–Crippen MR) is 88.1 cm³/mol. The lowest BCUT2D eigenvalue weighted by molar-refractivity contribution is -0.143. The summed E-state index contributed by atoms with van der Waals surface area (Å²) in [6.45, 7) is 0. The Hall–Kier alpha value is -2.87. The Kier molecular flexibility index (Phi) is 5.40. The highest BCUT2D eigenvalue weighted by atomic mass is 35.5. The fourth-order valence-corrected chi connectivity index (χ4v) is 2.77. The van der Waals surface area contributed by atoms with Crippen LogP contribution in [0.25, 0.3) is 5.69 Å². The zero-order valence-corrected chi connectivity index (χ0v) is 15.1. The van der Waals surface area contributed by atoms with Gasteiger partial charge in [0.25, 0.3) is 0 Å². The summed E-state index contributed by atoms with van der Waals surface area (Å²) in [5.74, 6) is -0.967. The van der Waals surface area contributed by atoms with Gasteiger partial charge in [0.1, 0.15) is 0 Å². The first kappa shape index (κ1) is 20.9. The van der Waals surface area contributed by atoms with Crippen molar-refractivity contribution in [2.45, 2.75) is 12.4 Å². The van der Waals surface area contributed by atoms with Crippen molar-refractivity contribution in [2.24, 2.45) is 0 Å². The van der Waals surface area contributed by atoms with Gasteiger partial charge in [0.05, 0.1) is 11.9 Å². The second-order valence-electron chi connectivity index (χ2n) is 5.17. The fourth-order valence-electron chi connectivity index (χ4n) is 2.05. The highest BCUT2D eigenvalue weighted by Gasteiger charge is 2.41. The van der Waals surface area contributed by atoms with E-state index in [0.717, 1.165) is 0 Å². The first-order chi connectivity index (χ1) is 13.4. The summed E-state index contributed by atoms with van der Waals surface area (Å²) in [5, 5.41) is 9.55. The van der Waals surface area contributed by atoms with Crippen molar-refractivity contribution in [3.05, 3.63) is 46.2 Å². The van der Waals surface area contributed by atoms with Gasteiger partial charge in [0.15, 0.2) is 11.4 Å². The minimum atomic E-state index is -4.97. The quantitative estimate of drug-likeness (QED) is 0.558. The first-order valence-corrected chi connectivity index (χ1v) is 8.45. The number of rotatable bonds is 3. The van der Waals surface area contributed by atoms with Crippen molar-refractivity contribution >= 4 is 34.2 Å². The summed E-state index contributed by atoms with van der Waals surface area (Å²) in [4.78, 5) is 11.8. The number of carbonyl (C=O) groups is 1. The number of nitrogens with one attached hydrogen (secondary N) is 1. The molecule has 1 amide bonds. The normalized spacial score (nSPS) is 12.1. The van der Waals surface area contributed by atoms with Gasteiger partial charge in [0, 0.05) is 5.02 Å². The molecule has 0 aliphatic rings. The topological polar surface area (TPSA) is 81.9 Å². The maximum absolute atomic E-state index is 13.5.